The smallest absolute Gasteiger partial charge is 0.235 e. The van der Waals surface area contributed by atoms with E-state index in [9.17, 15) is 0 Å². The molecule has 9 aromatic carbocycles. The summed E-state index contributed by atoms with van der Waals surface area (Å²) in [5, 5.41) is 7.03. The van der Waals surface area contributed by atoms with E-state index in [1.807, 2.05) is 6.20 Å². The number of hydrogen-bond donors (Lipinski definition) is 0. The quantitative estimate of drug-likeness (QED) is 0.137. The largest absolute Gasteiger partial charge is 0.310 e. The SMILES string of the molecule is CCCc1ccc2c(c1)c1ccc3c4cc(CCC)ccc4n(-c4nc(-c5ccccc5)cc(-c5cc6c7ccccc7n(-c7ccccc7)c6cn5)n4)c3c1n2-c1ccc2c(c1)N(c1ccccc1)c1ccccc1C2. The van der Waals surface area contributed by atoms with E-state index >= 15 is 0 Å². The van der Waals surface area contributed by atoms with E-state index in [1.165, 1.54) is 49.8 Å². The third-order valence-corrected chi connectivity index (χ3v) is 15.9. The van der Waals surface area contributed by atoms with Gasteiger partial charge in [0.05, 0.1) is 62.1 Å². The highest BCUT2D eigenvalue weighted by atomic mass is 15.2. The molecule has 0 aliphatic carbocycles. The van der Waals surface area contributed by atoms with E-state index in [0.717, 1.165) is 121 Å². The molecule has 5 aromatic heterocycles. The fourth-order valence-electron chi connectivity index (χ4n) is 12.5. The van der Waals surface area contributed by atoms with E-state index in [1.54, 1.807) is 0 Å². The molecule has 0 bridgehead atoms. The molecular weight excluding hydrogens is 939 g/mol. The van der Waals surface area contributed by atoms with Crippen molar-refractivity contribution in [2.45, 2.75) is 46.0 Å². The zero-order valence-corrected chi connectivity index (χ0v) is 43.0. The first kappa shape index (κ1) is 44.9. The van der Waals surface area contributed by atoms with Gasteiger partial charge in [-0.2, -0.15) is 0 Å². The number of para-hydroxylation sites is 4. The minimum absolute atomic E-state index is 0.589. The number of hydrogen-bond acceptors (Lipinski definition) is 4. The third kappa shape index (κ3) is 7.22. The fraction of sp³-hybridized carbons (Fsp3) is 0.100. The van der Waals surface area contributed by atoms with Gasteiger partial charge in [-0.15, -0.1) is 0 Å². The maximum absolute atomic E-state index is 5.67. The molecule has 7 nitrogen and oxygen atoms in total. The van der Waals surface area contributed by atoms with Crippen LogP contribution in [0.1, 0.15) is 48.9 Å². The molecule has 0 saturated carbocycles. The molecule has 0 N–H and O–H groups in total. The fourth-order valence-corrected chi connectivity index (χ4v) is 12.5. The summed E-state index contributed by atoms with van der Waals surface area (Å²) >= 11 is 0. The Morgan fingerprint density at radius 3 is 1.69 bits per heavy atom. The van der Waals surface area contributed by atoms with Gasteiger partial charge in [0.15, 0.2) is 0 Å². The van der Waals surface area contributed by atoms with E-state index in [2.05, 4.69) is 251 Å². The second kappa shape index (κ2) is 18.1. The summed E-state index contributed by atoms with van der Waals surface area (Å²) in [6.07, 6.45) is 6.99. The van der Waals surface area contributed by atoms with Crippen LogP contribution >= 0.6 is 0 Å². The minimum Gasteiger partial charge on any atom is -0.310 e. The van der Waals surface area contributed by atoms with Crippen LogP contribution in [0.15, 0.2) is 225 Å². The van der Waals surface area contributed by atoms with Gasteiger partial charge in [0, 0.05) is 67.1 Å². The highest BCUT2D eigenvalue weighted by Crippen LogP contribution is 2.47. The molecule has 0 saturated heterocycles. The van der Waals surface area contributed by atoms with Crippen LogP contribution < -0.4 is 4.90 Å². The van der Waals surface area contributed by atoms with Crippen LogP contribution in [0.2, 0.25) is 0 Å². The molecular formula is C70H53N7. The predicted octanol–water partition coefficient (Wildman–Crippen LogP) is 17.8. The second-order valence-corrected chi connectivity index (χ2v) is 20.6. The molecule has 6 heterocycles. The molecule has 77 heavy (non-hydrogen) atoms. The lowest BCUT2D eigenvalue weighted by molar-refractivity contribution is 0.923. The highest BCUT2D eigenvalue weighted by Gasteiger charge is 2.28. The Kier molecular flexibility index (Phi) is 10.5. The molecule has 15 rings (SSSR count). The van der Waals surface area contributed by atoms with Gasteiger partial charge in [-0.25, -0.2) is 9.97 Å². The van der Waals surface area contributed by atoms with E-state index in [0.29, 0.717) is 5.95 Å². The summed E-state index contributed by atoms with van der Waals surface area (Å²) in [6, 6.07) is 79.6. The van der Waals surface area contributed by atoms with Crippen molar-refractivity contribution in [3.8, 4) is 40.0 Å². The molecule has 0 amide bonds. The molecule has 0 unspecified atom stereocenters. The lowest BCUT2D eigenvalue weighted by Gasteiger charge is -2.34. The first-order valence-corrected chi connectivity index (χ1v) is 27.1. The number of pyridine rings is 1. The van der Waals surface area contributed by atoms with Crippen molar-refractivity contribution in [1.29, 1.82) is 0 Å². The van der Waals surface area contributed by atoms with Crippen LogP contribution in [-0.4, -0.2) is 28.7 Å². The number of nitrogens with zero attached hydrogens (tertiary/aromatic N) is 7. The third-order valence-electron chi connectivity index (χ3n) is 15.9. The summed E-state index contributed by atoms with van der Waals surface area (Å²) < 4.78 is 7.18. The van der Waals surface area contributed by atoms with Crippen molar-refractivity contribution < 1.29 is 0 Å². The van der Waals surface area contributed by atoms with Crippen LogP contribution in [0.5, 0.6) is 0 Å². The second-order valence-electron chi connectivity index (χ2n) is 20.6. The van der Waals surface area contributed by atoms with Crippen LogP contribution in [-0.2, 0) is 19.3 Å². The lowest BCUT2D eigenvalue weighted by Crippen LogP contribution is -2.18. The van der Waals surface area contributed by atoms with Gasteiger partial charge in [-0.3, -0.25) is 9.55 Å². The summed E-state index contributed by atoms with van der Waals surface area (Å²) in [7, 11) is 0. The summed E-state index contributed by atoms with van der Waals surface area (Å²) in [5.74, 6) is 0.589. The predicted molar refractivity (Wildman–Crippen MR) is 319 cm³/mol. The molecule has 368 valence electrons. The number of aromatic nitrogens is 6. The van der Waals surface area contributed by atoms with Gasteiger partial charge < -0.3 is 14.0 Å². The van der Waals surface area contributed by atoms with Gasteiger partial charge >= 0.3 is 0 Å². The molecule has 0 spiro atoms. The number of rotatable bonds is 10. The Hall–Kier alpha value is -9.59. The Labute approximate surface area is 446 Å². The summed E-state index contributed by atoms with van der Waals surface area (Å²) in [4.78, 5) is 19.0. The molecule has 0 fully saturated rings. The van der Waals surface area contributed by atoms with Crippen molar-refractivity contribution in [2.24, 2.45) is 0 Å². The molecule has 1 aliphatic rings. The number of anilines is 3. The van der Waals surface area contributed by atoms with Crippen LogP contribution in [0.25, 0.3) is 105 Å². The van der Waals surface area contributed by atoms with Gasteiger partial charge in [0.25, 0.3) is 0 Å². The van der Waals surface area contributed by atoms with Gasteiger partial charge in [0.2, 0.25) is 5.95 Å². The van der Waals surface area contributed by atoms with Crippen molar-refractivity contribution in [3.05, 3.63) is 247 Å². The van der Waals surface area contributed by atoms with Crippen molar-refractivity contribution >= 4 is 82.5 Å². The van der Waals surface area contributed by atoms with E-state index in [-0.39, 0.29) is 0 Å². The van der Waals surface area contributed by atoms with Crippen LogP contribution in [0.3, 0.4) is 0 Å². The molecule has 7 heteroatoms. The lowest BCUT2D eigenvalue weighted by atomic mass is 9.94. The standard InChI is InChI=1S/C70H53N7/c1-3-18-45-30-36-64-56(38-45)54-34-35-55-57-39-46(19-4-2)31-37-65(57)77(69(55)68(54)76(64)52-33-32-49-40-48-22-14-16-28-62(48)74(66(49)41-52)50-23-10-6-11-24-50)70-72-59(47-20-8-5-9-21-47)43-61(73-70)60-42-58-53-27-15-17-29-63(53)75(67(58)44-71-60)51-25-12-7-13-26-51/h5-17,20-39,41-44H,3-4,18-19,40H2,1-2H3. The molecule has 1 aliphatic heterocycles. The zero-order chi connectivity index (χ0) is 51.1. The summed E-state index contributed by atoms with van der Waals surface area (Å²) in [6.45, 7) is 4.52. The minimum atomic E-state index is 0.589. The topological polar surface area (TPSA) is 56.7 Å². The van der Waals surface area contributed by atoms with Crippen molar-refractivity contribution in [3.63, 3.8) is 0 Å². The Bertz CT molecular complexity index is 4620. The Balaban J connectivity index is 1.03. The Morgan fingerprint density at radius 1 is 0.377 bits per heavy atom. The molecule has 0 atom stereocenters. The summed E-state index contributed by atoms with van der Waals surface area (Å²) in [5.41, 5.74) is 20.9. The van der Waals surface area contributed by atoms with Crippen molar-refractivity contribution in [1.82, 2.24) is 28.7 Å². The molecule has 14 aromatic rings. The normalized spacial score (nSPS) is 12.4. The number of fused-ring (bicyclic) bond motifs is 12. The monoisotopic (exact) mass is 991 g/mol. The number of benzene rings is 9. The van der Waals surface area contributed by atoms with Gasteiger partial charge in [-0.05, 0) is 120 Å². The van der Waals surface area contributed by atoms with Crippen LogP contribution in [0, 0.1) is 0 Å². The van der Waals surface area contributed by atoms with Crippen molar-refractivity contribution in [2.75, 3.05) is 4.90 Å². The number of aryl methyl sites for hydroxylation is 2. The van der Waals surface area contributed by atoms with Crippen LogP contribution in [0.4, 0.5) is 17.1 Å². The first-order chi connectivity index (χ1) is 38.1. The zero-order valence-electron chi connectivity index (χ0n) is 43.0. The first-order valence-electron chi connectivity index (χ1n) is 27.1. The van der Waals surface area contributed by atoms with E-state index in [4.69, 9.17) is 15.0 Å². The average Bonchev–Trinajstić information content (AvgIpc) is 4.34. The Morgan fingerprint density at radius 2 is 0.961 bits per heavy atom. The van der Waals surface area contributed by atoms with Gasteiger partial charge in [-0.1, -0.05) is 160 Å². The highest BCUT2D eigenvalue weighted by molar-refractivity contribution is 6.24. The van der Waals surface area contributed by atoms with E-state index < -0.39 is 0 Å². The molecule has 0 radical (unpaired) electrons. The van der Waals surface area contributed by atoms with Gasteiger partial charge in [0.1, 0.15) is 0 Å². The average molecular weight is 992 g/mol. The maximum atomic E-state index is 5.67. The maximum Gasteiger partial charge on any atom is 0.235 e.